The van der Waals surface area contributed by atoms with Crippen molar-refractivity contribution >= 4 is 22.6 Å². The minimum Gasteiger partial charge on any atom is -0.497 e. The first kappa shape index (κ1) is 15.3. The zero-order valence-corrected chi connectivity index (χ0v) is 12.9. The largest absolute Gasteiger partial charge is 0.497 e. The van der Waals surface area contributed by atoms with Crippen molar-refractivity contribution in [3.05, 3.63) is 54.1 Å². The minimum absolute atomic E-state index is 0.520. The topological polar surface area (TPSA) is 56.8 Å². The molecule has 2 rings (SSSR count). The number of rotatable bonds is 5. The third kappa shape index (κ3) is 4.72. The smallest absolute Gasteiger partial charge is 0.159 e. The van der Waals surface area contributed by atoms with Crippen LogP contribution < -0.4 is 15.2 Å². The second kappa shape index (κ2) is 7.59. The quantitative estimate of drug-likeness (QED) is 0.677. The molecule has 21 heavy (non-hydrogen) atoms. The SMILES string of the molecule is COc1cccc(CSC(N)=Nc2cccc(OC)c2)c1. The van der Waals surface area contributed by atoms with Crippen molar-refractivity contribution in [1.29, 1.82) is 0 Å². The summed E-state index contributed by atoms with van der Waals surface area (Å²) in [5.41, 5.74) is 7.88. The molecule has 5 heteroatoms. The number of nitrogens with zero attached hydrogens (tertiary/aromatic N) is 1. The van der Waals surface area contributed by atoms with Crippen molar-refractivity contribution in [1.82, 2.24) is 0 Å². The van der Waals surface area contributed by atoms with E-state index in [0.29, 0.717) is 5.17 Å². The monoisotopic (exact) mass is 302 g/mol. The van der Waals surface area contributed by atoms with Gasteiger partial charge in [0.2, 0.25) is 0 Å². The molecule has 0 bridgehead atoms. The molecule has 0 aliphatic carbocycles. The van der Waals surface area contributed by atoms with Crippen molar-refractivity contribution in [2.45, 2.75) is 5.75 Å². The Kier molecular flexibility index (Phi) is 5.51. The Labute approximate surface area is 129 Å². The van der Waals surface area contributed by atoms with E-state index in [4.69, 9.17) is 15.2 Å². The molecular weight excluding hydrogens is 284 g/mol. The van der Waals surface area contributed by atoms with E-state index in [1.54, 1.807) is 14.2 Å². The van der Waals surface area contributed by atoms with Crippen molar-refractivity contribution < 1.29 is 9.47 Å². The molecule has 0 heterocycles. The van der Waals surface area contributed by atoms with Crippen molar-refractivity contribution in [2.24, 2.45) is 10.7 Å². The number of hydrogen-bond donors (Lipinski definition) is 1. The van der Waals surface area contributed by atoms with E-state index in [1.807, 2.05) is 48.5 Å². The number of aliphatic imine (C=N–C) groups is 1. The Morgan fingerprint density at radius 1 is 1.05 bits per heavy atom. The van der Waals surface area contributed by atoms with Gasteiger partial charge in [0.05, 0.1) is 19.9 Å². The summed E-state index contributed by atoms with van der Waals surface area (Å²) in [6, 6.07) is 15.4. The van der Waals surface area contributed by atoms with Crippen LogP contribution in [-0.4, -0.2) is 19.4 Å². The fraction of sp³-hybridized carbons (Fsp3) is 0.188. The molecule has 0 unspecified atom stereocenters. The molecule has 0 amide bonds. The summed E-state index contributed by atoms with van der Waals surface area (Å²) in [7, 11) is 3.29. The average molecular weight is 302 g/mol. The second-order valence-corrected chi connectivity index (χ2v) is 5.29. The van der Waals surface area contributed by atoms with Crippen LogP contribution in [0.4, 0.5) is 5.69 Å². The Morgan fingerprint density at radius 2 is 1.71 bits per heavy atom. The Balaban J connectivity index is 1.99. The third-order valence-corrected chi connectivity index (χ3v) is 3.68. The van der Waals surface area contributed by atoms with Crippen LogP contribution in [-0.2, 0) is 5.75 Å². The van der Waals surface area contributed by atoms with Crippen LogP contribution in [0.2, 0.25) is 0 Å². The highest BCUT2D eigenvalue weighted by Gasteiger charge is 2.00. The molecule has 0 aromatic heterocycles. The number of ether oxygens (including phenoxy) is 2. The molecule has 2 aromatic rings. The fourth-order valence-electron chi connectivity index (χ4n) is 1.76. The molecule has 0 fully saturated rings. The normalized spacial score (nSPS) is 11.2. The maximum atomic E-state index is 5.96. The fourth-order valence-corrected chi connectivity index (χ4v) is 2.42. The van der Waals surface area contributed by atoms with Crippen molar-refractivity contribution in [2.75, 3.05) is 14.2 Å². The number of benzene rings is 2. The average Bonchev–Trinajstić information content (AvgIpc) is 2.53. The number of thioether (sulfide) groups is 1. The zero-order chi connectivity index (χ0) is 15.1. The zero-order valence-electron chi connectivity index (χ0n) is 12.1. The maximum absolute atomic E-state index is 5.96. The van der Waals surface area contributed by atoms with Gasteiger partial charge in [-0.15, -0.1) is 0 Å². The van der Waals surface area contributed by atoms with Gasteiger partial charge in [-0.25, -0.2) is 4.99 Å². The van der Waals surface area contributed by atoms with Gasteiger partial charge in [0.25, 0.3) is 0 Å². The first-order chi connectivity index (χ1) is 10.2. The summed E-state index contributed by atoms with van der Waals surface area (Å²) in [5, 5.41) is 0.520. The van der Waals surface area contributed by atoms with E-state index in [-0.39, 0.29) is 0 Å². The van der Waals surface area contributed by atoms with Gasteiger partial charge in [-0.3, -0.25) is 0 Å². The molecule has 0 aliphatic heterocycles. The third-order valence-electron chi connectivity index (χ3n) is 2.81. The highest BCUT2D eigenvalue weighted by atomic mass is 32.2. The molecule has 0 radical (unpaired) electrons. The Morgan fingerprint density at radius 3 is 2.43 bits per heavy atom. The molecule has 0 spiro atoms. The first-order valence-electron chi connectivity index (χ1n) is 6.45. The van der Waals surface area contributed by atoms with Crippen molar-refractivity contribution in [3.63, 3.8) is 0 Å². The molecule has 110 valence electrons. The van der Waals surface area contributed by atoms with E-state index in [2.05, 4.69) is 4.99 Å². The molecule has 0 saturated heterocycles. The van der Waals surface area contributed by atoms with Gasteiger partial charge in [0.1, 0.15) is 11.5 Å². The maximum Gasteiger partial charge on any atom is 0.159 e. The van der Waals surface area contributed by atoms with Gasteiger partial charge in [-0.05, 0) is 29.8 Å². The van der Waals surface area contributed by atoms with Gasteiger partial charge in [-0.1, -0.05) is 30.0 Å². The lowest BCUT2D eigenvalue weighted by Gasteiger charge is -2.05. The molecule has 2 N–H and O–H groups in total. The highest BCUT2D eigenvalue weighted by Crippen LogP contribution is 2.22. The van der Waals surface area contributed by atoms with Gasteiger partial charge >= 0.3 is 0 Å². The summed E-state index contributed by atoms with van der Waals surface area (Å²) in [5.74, 6) is 2.36. The standard InChI is InChI=1S/C16H18N2O2S/c1-19-14-7-3-5-12(9-14)11-21-16(17)18-13-6-4-8-15(10-13)20-2/h3-10H,11H2,1-2H3,(H2,17,18). The van der Waals surface area contributed by atoms with Gasteiger partial charge < -0.3 is 15.2 Å². The van der Waals surface area contributed by atoms with Crippen LogP contribution in [0.25, 0.3) is 0 Å². The predicted octanol–water partition coefficient (Wildman–Crippen LogP) is 3.58. The lowest BCUT2D eigenvalue weighted by Crippen LogP contribution is -2.06. The Bertz CT molecular complexity index is 629. The summed E-state index contributed by atoms with van der Waals surface area (Å²) < 4.78 is 10.4. The Hall–Kier alpha value is -2.14. The van der Waals surface area contributed by atoms with Gasteiger partial charge in [0, 0.05) is 11.8 Å². The van der Waals surface area contributed by atoms with E-state index in [0.717, 1.165) is 28.5 Å². The molecule has 4 nitrogen and oxygen atoms in total. The lowest BCUT2D eigenvalue weighted by atomic mass is 10.2. The molecule has 2 aromatic carbocycles. The number of nitrogens with two attached hydrogens (primary N) is 1. The van der Waals surface area contributed by atoms with Crippen LogP contribution in [0.15, 0.2) is 53.5 Å². The first-order valence-corrected chi connectivity index (χ1v) is 7.44. The molecule has 0 atom stereocenters. The number of methoxy groups -OCH3 is 2. The summed E-state index contributed by atoms with van der Waals surface area (Å²) >= 11 is 1.49. The van der Waals surface area contributed by atoms with E-state index in [9.17, 15) is 0 Å². The van der Waals surface area contributed by atoms with E-state index < -0.39 is 0 Å². The van der Waals surface area contributed by atoms with Crippen LogP contribution in [0.1, 0.15) is 5.56 Å². The highest BCUT2D eigenvalue weighted by molar-refractivity contribution is 8.13. The van der Waals surface area contributed by atoms with Crippen LogP contribution in [0.5, 0.6) is 11.5 Å². The van der Waals surface area contributed by atoms with Gasteiger partial charge in [-0.2, -0.15) is 0 Å². The number of hydrogen-bond acceptors (Lipinski definition) is 4. The van der Waals surface area contributed by atoms with Crippen LogP contribution >= 0.6 is 11.8 Å². The molecule has 0 saturated carbocycles. The number of amidine groups is 1. The van der Waals surface area contributed by atoms with Gasteiger partial charge in [0.15, 0.2) is 5.17 Å². The molecule has 0 aliphatic rings. The predicted molar refractivity (Wildman–Crippen MR) is 88.6 cm³/mol. The van der Waals surface area contributed by atoms with Crippen LogP contribution in [0.3, 0.4) is 0 Å². The summed E-state index contributed by atoms with van der Waals surface area (Å²) in [6.45, 7) is 0. The van der Waals surface area contributed by atoms with Crippen LogP contribution in [0, 0.1) is 0 Å². The summed E-state index contributed by atoms with van der Waals surface area (Å²) in [4.78, 5) is 4.37. The van der Waals surface area contributed by atoms with Crippen molar-refractivity contribution in [3.8, 4) is 11.5 Å². The minimum atomic E-state index is 0.520. The second-order valence-electron chi connectivity index (χ2n) is 4.29. The van der Waals surface area contributed by atoms with E-state index in [1.165, 1.54) is 11.8 Å². The summed E-state index contributed by atoms with van der Waals surface area (Å²) in [6.07, 6.45) is 0. The molecular formula is C16H18N2O2S. The lowest BCUT2D eigenvalue weighted by molar-refractivity contribution is 0.414. The van der Waals surface area contributed by atoms with E-state index >= 15 is 0 Å².